The fourth-order valence-electron chi connectivity index (χ4n) is 3.33. The van der Waals surface area contributed by atoms with E-state index in [1.54, 1.807) is 0 Å². The van der Waals surface area contributed by atoms with Crippen molar-refractivity contribution in [2.75, 3.05) is 16.4 Å². The summed E-state index contributed by atoms with van der Waals surface area (Å²) in [6.07, 6.45) is 3.34. The van der Waals surface area contributed by atoms with Crippen molar-refractivity contribution in [3.05, 3.63) is 29.8 Å². The van der Waals surface area contributed by atoms with E-state index in [2.05, 4.69) is 24.0 Å². The molecular formula is C20H28N2O3S2. The van der Waals surface area contributed by atoms with Gasteiger partial charge in [-0.15, -0.1) is 0 Å². The lowest BCUT2D eigenvalue weighted by molar-refractivity contribution is -0.124. The Morgan fingerprint density at radius 3 is 2.48 bits per heavy atom. The second-order valence-electron chi connectivity index (χ2n) is 8.39. The summed E-state index contributed by atoms with van der Waals surface area (Å²) in [6, 6.07) is 8.07. The highest BCUT2D eigenvalue weighted by atomic mass is 32.2. The number of rotatable bonds is 4. The first-order valence-corrected chi connectivity index (χ1v) is 12.2. The fourth-order valence-corrected chi connectivity index (χ4v) is 7.24. The van der Waals surface area contributed by atoms with Crippen LogP contribution in [0.1, 0.15) is 46.1 Å². The van der Waals surface area contributed by atoms with Gasteiger partial charge in [-0.05, 0) is 30.5 Å². The zero-order valence-corrected chi connectivity index (χ0v) is 18.1. The van der Waals surface area contributed by atoms with E-state index in [0.29, 0.717) is 5.17 Å². The number of benzene rings is 1. The van der Waals surface area contributed by atoms with E-state index in [1.807, 2.05) is 37.8 Å². The number of carbonyl (C=O) groups is 1. The van der Waals surface area contributed by atoms with Gasteiger partial charge < -0.3 is 4.90 Å². The molecule has 7 heteroatoms. The van der Waals surface area contributed by atoms with Gasteiger partial charge in [0.15, 0.2) is 15.0 Å². The summed E-state index contributed by atoms with van der Waals surface area (Å²) < 4.78 is 24.3. The molecule has 2 fully saturated rings. The Morgan fingerprint density at radius 2 is 1.89 bits per heavy atom. The number of amidine groups is 1. The summed E-state index contributed by atoms with van der Waals surface area (Å²) in [6.45, 7) is 7.71. The molecule has 2 atom stereocenters. The highest BCUT2D eigenvalue weighted by Crippen LogP contribution is 2.41. The summed E-state index contributed by atoms with van der Waals surface area (Å²) in [4.78, 5) is 18.8. The van der Waals surface area contributed by atoms with Crippen LogP contribution in [-0.2, 0) is 21.1 Å². The molecule has 2 heterocycles. The fraction of sp³-hybridized carbons (Fsp3) is 0.600. The van der Waals surface area contributed by atoms with Crippen LogP contribution in [0.5, 0.6) is 0 Å². The van der Waals surface area contributed by atoms with Crippen LogP contribution in [-0.4, -0.2) is 42.3 Å². The molecule has 2 aliphatic rings. The standard InChI is InChI=1S/C20H28N2O3S2/c1-5-6-7-14-8-10-15(11-9-14)22-16-12-27(24,25)13-17(16)26-19(22)21-18(23)20(2,3)4/h8-11,16-17H,5-7,12-13H2,1-4H3/t16-,17-/m0/s1. The van der Waals surface area contributed by atoms with Crippen molar-refractivity contribution in [3.63, 3.8) is 0 Å². The van der Waals surface area contributed by atoms with E-state index >= 15 is 0 Å². The zero-order chi connectivity index (χ0) is 19.8. The number of sulfone groups is 1. The van der Waals surface area contributed by atoms with E-state index in [-0.39, 0.29) is 28.7 Å². The van der Waals surface area contributed by atoms with Crippen molar-refractivity contribution < 1.29 is 13.2 Å². The van der Waals surface area contributed by atoms with Crippen LogP contribution in [0, 0.1) is 5.41 Å². The highest BCUT2D eigenvalue weighted by molar-refractivity contribution is 8.16. The quantitative estimate of drug-likeness (QED) is 0.760. The summed E-state index contributed by atoms with van der Waals surface area (Å²) in [5, 5.41) is 0.558. The van der Waals surface area contributed by atoms with Crippen LogP contribution in [0.3, 0.4) is 0 Å². The number of thioether (sulfide) groups is 1. The normalized spacial score (nSPS) is 25.8. The van der Waals surface area contributed by atoms with Crippen LogP contribution in [0.15, 0.2) is 29.3 Å². The summed E-state index contributed by atoms with van der Waals surface area (Å²) in [5.74, 6) is 0.0820. The van der Waals surface area contributed by atoms with Gasteiger partial charge in [0.2, 0.25) is 0 Å². The average Bonchev–Trinajstić information content (AvgIpc) is 3.03. The molecule has 5 nitrogen and oxygen atoms in total. The molecule has 0 saturated carbocycles. The van der Waals surface area contributed by atoms with Crippen molar-refractivity contribution >= 4 is 38.4 Å². The van der Waals surface area contributed by atoms with E-state index < -0.39 is 15.3 Å². The molecule has 0 aliphatic carbocycles. The molecule has 2 aliphatic heterocycles. The first-order chi connectivity index (χ1) is 12.6. The Labute approximate surface area is 166 Å². The van der Waals surface area contributed by atoms with Crippen LogP contribution in [0.4, 0.5) is 5.69 Å². The lowest BCUT2D eigenvalue weighted by Crippen LogP contribution is -2.38. The molecule has 27 heavy (non-hydrogen) atoms. The third kappa shape index (κ3) is 4.57. The SMILES string of the molecule is CCCCc1ccc(N2C(=NC(=O)C(C)(C)C)S[C@H]3CS(=O)(=O)C[C@@H]32)cc1. The van der Waals surface area contributed by atoms with Gasteiger partial charge in [0.05, 0.1) is 17.5 Å². The van der Waals surface area contributed by atoms with Crippen LogP contribution in [0.25, 0.3) is 0 Å². The number of fused-ring (bicyclic) bond motifs is 1. The number of nitrogens with zero attached hydrogens (tertiary/aromatic N) is 2. The predicted octanol–water partition coefficient (Wildman–Crippen LogP) is 3.68. The largest absolute Gasteiger partial charge is 0.316 e. The average molecular weight is 409 g/mol. The van der Waals surface area contributed by atoms with Gasteiger partial charge in [-0.1, -0.05) is 58.0 Å². The van der Waals surface area contributed by atoms with E-state index in [4.69, 9.17) is 0 Å². The van der Waals surface area contributed by atoms with Gasteiger partial charge in [0, 0.05) is 16.4 Å². The smallest absolute Gasteiger partial charge is 0.253 e. The Kier molecular flexibility index (Phi) is 5.73. The lowest BCUT2D eigenvalue weighted by atomic mass is 9.96. The maximum Gasteiger partial charge on any atom is 0.253 e. The van der Waals surface area contributed by atoms with Gasteiger partial charge in [-0.3, -0.25) is 4.79 Å². The first-order valence-electron chi connectivity index (χ1n) is 9.49. The van der Waals surface area contributed by atoms with Crippen LogP contribution >= 0.6 is 11.8 Å². The molecule has 0 unspecified atom stereocenters. The molecular weight excluding hydrogens is 380 g/mol. The maximum absolute atomic E-state index is 12.5. The lowest BCUT2D eigenvalue weighted by Gasteiger charge is -2.25. The minimum absolute atomic E-state index is 0.0683. The Morgan fingerprint density at radius 1 is 1.22 bits per heavy atom. The van der Waals surface area contributed by atoms with Gasteiger partial charge in [-0.2, -0.15) is 4.99 Å². The molecule has 1 amide bonds. The molecule has 1 aromatic rings. The number of aryl methyl sites for hydroxylation is 1. The molecule has 2 saturated heterocycles. The molecule has 3 rings (SSSR count). The van der Waals surface area contributed by atoms with Crippen molar-refractivity contribution in [3.8, 4) is 0 Å². The zero-order valence-electron chi connectivity index (χ0n) is 16.4. The Balaban J connectivity index is 1.93. The van der Waals surface area contributed by atoms with E-state index in [0.717, 1.165) is 24.9 Å². The van der Waals surface area contributed by atoms with Gasteiger partial charge >= 0.3 is 0 Å². The third-order valence-electron chi connectivity index (χ3n) is 4.94. The summed E-state index contributed by atoms with van der Waals surface area (Å²) >= 11 is 1.42. The molecule has 0 spiro atoms. The van der Waals surface area contributed by atoms with Crippen LogP contribution < -0.4 is 4.90 Å². The number of carbonyl (C=O) groups excluding carboxylic acids is 1. The van der Waals surface area contributed by atoms with Gasteiger partial charge in [0.25, 0.3) is 5.91 Å². The van der Waals surface area contributed by atoms with Crippen molar-refractivity contribution in [1.82, 2.24) is 0 Å². The van der Waals surface area contributed by atoms with Gasteiger partial charge in [-0.25, -0.2) is 8.42 Å². The van der Waals surface area contributed by atoms with E-state index in [1.165, 1.54) is 17.3 Å². The molecule has 148 valence electrons. The number of hydrogen-bond donors (Lipinski definition) is 0. The van der Waals surface area contributed by atoms with Crippen molar-refractivity contribution in [1.29, 1.82) is 0 Å². The first kappa shape index (κ1) is 20.4. The van der Waals surface area contributed by atoms with Gasteiger partial charge in [0.1, 0.15) is 0 Å². The second kappa shape index (κ2) is 7.59. The highest BCUT2D eigenvalue weighted by Gasteiger charge is 2.49. The third-order valence-corrected chi connectivity index (χ3v) is 8.15. The number of unbranched alkanes of at least 4 members (excludes halogenated alkanes) is 1. The molecule has 0 bridgehead atoms. The number of anilines is 1. The number of aliphatic imine (C=N–C) groups is 1. The summed E-state index contributed by atoms with van der Waals surface area (Å²) in [7, 11) is -3.05. The number of hydrogen-bond acceptors (Lipinski definition) is 4. The summed E-state index contributed by atoms with van der Waals surface area (Å²) in [5.41, 5.74) is 1.62. The maximum atomic E-state index is 12.5. The predicted molar refractivity (Wildman–Crippen MR) is 113 cm³/mol. The topological polar surface area (TPSA) is 66.8 Å². The molecule has 1 aromatic carbocycles. The van der Waals surface area contributed by atoms with Crippen molar-refractivity contribution in [2.24, 2.45) is 10.4 Å². The Hall–Kier alpha value is -1.34. The van der Waals surface area contributed by atoms with E-state index in [9.17, 15) is 13.2 Å². The second-order valence-corrected chi connectivity index (χ2v) is 11.8. The molecule has 0 aromatic heterocycles. The van der Waals surface area contributed by atoms with Crippen LogP contribution in [0.2, 0.25) is 0 Å². The molecule has 0 N–H and O–H groups in total. The van der Waals surface area contributed by atoms with Crippen molar-refractivity contribution in [2.45, 2.75) is 58.2 Å². The number of amides is 1. The molecule has 0 radical (unpaired) electrons. The monoisotopic (exact) mass is 408 g/mol. The minimum atomic E-state index is -3.05. The minimum Gasteiger partial charge on any atom is -0.316 e. The Bertz CT molecular complexity index is 839.